The van der Waals surface area contributed by atoms with E-state index in [4.69, 9.17) is 9.84 Å². The van der Waals surface area contributed by atoms with E-state index in [1.54, 1.807) is 12.0 Å². The maximum Gasteiger partial charge on any atom is 0.315 e. The van der Waals surface area contributed by atoms with Crippen LogP contribution < -0.4 is 15.4 Å². The van der Waals surface area contributed by atoms with Crippen molar-refractivity contribution in [3.05, 3.63) is 29.8 Å². The average molecular weight is 389 g/mol. The number of urea groups is 1. The standard InChI is InChI=1S/C20H27N3O5/c1-28-16-8-2-13(3-9-16)12-23-11-10-17(18(23)24)22-20(27)21-15-6-4-14(5-7-15)19(25)26/h2-3,8-9,14-15,17H,4-7,10-12H2,1H3,(H,25,26)(H2,21,22,27). The Kier molecular flexibility index (Phi) is 6.38. The Bertz CT molecular complexity index is 713. The molecule has 1 aliphatic carbocycles. The maximum atomic E-state index is 12.6. The number of ether oxygens (including phenoxy) is 1. The number of likely N-dealkylation sites (tertiary alicyclic amines) is 1. The van der Waals surface area contributed by atoms with E-state index in [1.807, 2.05) is 24.3 Å². The molecule has 1 aromatic carbocycles. The van der Waals surface area contributed by atoms with Gasteiger partial charge in [0.25, 0.3) is 0 Å². The molecule has 0 aromatic heterocycles. The molecule has 1 unspecified atom stereocenters. The average Bonchev–Trinajstić information content (AvgIpc) is 3.02. The normalized spacial score (nSPS) is 24.7. The second kappa shape index (κ2) is 8.95. The van der Waals surface area contributed by atoms with E-state index in [0.29, 0.717) is 45.2 Å². The number of rotatable bonds is 6. The van der Waals surface area contributed by atoms with Crippen LogP contribution >= 0.6 is 0 Å². The summed E-state index contributed by atoms with van der Waals surface area (Å²) in [5, 5.41) is 14.7. The monoisotopic (exact) mass is 389 g/mol. The summed E-state index contributed by atoms with van der Waals surface area (Å²) in [6.07, 6.45) is 3.00. The van der Waals surface area contributed by atoms with E-state index >= 15 is 0 Å². The van der Waals surface area contributed by atoms with Crippen LogP contribution in [-0.2, 0) is 16.1 Å². The van der Waals surface area contributed by atoms with Crippen LogP contribution in [0.15, 0.2) is 24.3 Å². The number of hydrogen-bond donors (Lipinski definition) is 3. The van der Waals surface area contributed by atoms with Gasteiger partial charge in [-0.05, 0) is 49.8 Å². The quantitative estimate of drug-likeness (QED) is 0.687. The first-order valence-electron chi connectivity index (χ1n) is 9.68. The third-order valence-corrected chi connectivity index (χ3v) is 5.55. The molecule has 8 heteroatoms. The summed E-state index contributed by atoms with van der Waals surface area (Å²) >= 11 is 0. The van der Waals surface area contributed by atoms with Gasteiger partial charge in [-0.2, -0.15) is 0 Å². The molecule has 8 nitrogen and oxygen atoms in total. The molecule has 2 aliphatic rings. The predicted molar refractivity (Wildman–Crippen MR) is 102 cm³/mol. The molecular formula is C20H27N3O5. The van der Waals surface area contributed by atoms with E-state index in [0.717, 1.165) is 11.3 Å². The topological polar surface area (TPSA) is 108 Å². The molecule has 28 heavy (non-hydrogen) atoms. The highest BCUT2D eigenvalue weighted by Gasteiger charge is 2.33. The second-order valence-corrected chi connectivity index (χ2v) is 7.45. The molecule has 0 bridgehead atoms. The Morgan fingerprint density at radius 3 is 2.39 bits per heavy atom. The van der Waals surface area contributed by atoms with Crippen molar-refractivity contribution in [1.82, 2.24) is 15.5 Å². The van der Waals surface area contributed by atoms with E-state index in [2.05, 4.69) is 10.6 Å². The molecule has 0 radical (unpaired) electrons. The lowest BCUT2D eigenvalue weighted by molar-refractivity contribution is -0.142. The van der Waals surface area contributed by atoms with E-state index in [9.17, 15) is 14.4 Å². The number of carbonyl (C=O) groups is 3. The van der Waals surface area contributed by atoms with Crippen LogP contribution in [0.2, 0.25) is 0 Å². The minimum atomic E-state index is -0.767. The number of amides is 3. The third-order valence-electron chi connectivity index (χ3n) is 5.55. The Morgan fingerprint density at radius 2 is 1.79 bits per heavy atom. The van der Waals surface area contributed by atoms with Crippen LogP contribution in [0.3, 0.4) is 0 Å². The predicted octanol–water partition coefficient (Wildman–Crippen LogP) is 1.74. The van der Waals surface area contributed by atoms with Gasteiger partial charge in [0.15, 0.2) is 0 Å². The van der Waals surface area contributed by atoms with Crippen molar-refractivity contribution in [2.24, 2.45) is 5.92 Å². The number of aliphatic carboxylic acids is 1. The summed E-state index contributed by atoms with van der Waals surface area (Å²) in [6.45, 7) is 1.10. The third kappa shape index (κ3) is 4.94. The van der Waals surface area contributed by atoms with Gasteiger partial charge in [-0.1, -0.05) is 12.1 Å². The lowest BCUT2D eigenvalue weighted by Gasteiger charge is -2.27. The summed E-state index contributed by atoms with van der Waals surface area (Å²) in [5.41, 5.74) is 1.01. The summed E-state index contributed by atoms with van der Waals surface area (Å²) in [5.74, 6) is -0.397. The van der Waals surface area contributed by atoms with Gasteiger partial charge in [0, 0.05) is 19.1 Å². The number of hydrogen-bond acceptors (Lipinski definition) is 4. The Hall–Kier alpha value is -2.77. The second-order valence-electron chi connectivity index (χ2n) is 7.45. The Labute approximate surface area is 164 Å². The lowest BCUT2D eigenvalue weighted by atomic mass is 9.86. The number of nitrogens with zero attached hydrogens (tertiary/aromatic N) is 1. The van der Waals surface area contributed by atoms with Gasteiger partial charge in [0.1, 0.15) is 11.8 Å². The molecule has 1 atom stereocenters. The molecular weight excluding hydrogens is 362 g/mol. The maximum absolute atomic E-state index is 12.6. The van der Waals surface area contributed by atoms with Crippen LogP contribution in [0.1, 0.15) is 37.7 Å². The van der Waals surface area contributed by atoms with Crippen LogP contribution in [-0.4, -0.2) is 53.7 Å². The molecule has 1 aliphatic heterocycles. The highest BCUT2D eigenvalue weighted by atomic mass is 16.5. The molecule has 2 fully saturated rings. The van der Waals surface area contributed by atoms with Crippen molar-refractivity contribution in [2.45, 2.75) is 50.7 Å². The Morgan fingerprint density at radius 1 is 1.11 bits per heavy atom. The van der Waals surface area contributed by atoms with E-state index in [1.165, 1.54) is 0 Å². The minimum Gasteiger partial charge on any atom is -0.497 e. The van der Waals surface area contributed by atoms with Crippen molar-refractivity contribution < 1.29 is 24.2 Å². The molecule has 0 spiro atoms. The number of carboxylic acids is 1. The largest absolute Gasteiger partial charge is 0.497 e. The molecule has 1 heterocycles. The first-order chi connectivity index (χ1) is 13.5. The zero-order valence-corrected chi connectivity index (χ0v) is 16.0. The smallest absolute Gasteiger partial charge is 0.315 e. The van der Waals surface area contributed by atoms with E-state index in [-0.39, 0.29) is 23.9 Å². The first kappa shape index (κ1) is 20.0. The molecule has 1 aromatic rings. The fraction of sp³-hybridized carbons (Fsp3) is 0.550. The van der Waals surface area contributed by atoms with Gasteiger partial charge in [-0.3, -0.25) is 9.59 Å². The van der Waals surface area contributed by atoms with Crippen LogP contribution in [0.5, 0.6) is 5.75 Å². The molecule has 3 N–H and O–H groups in total. The zero-order chi connectivity index (χ0) is 20.1. The molecule has 3 amide bonds. The molecule has 1 saturated carbocycles. The van der Waals surface area contributed by atoms with Crippen LogP contribution in [0.25, 0.3) is 0 Å². The molecule has 1 saturated heterocycles. The first-order valence-corrected chi connectivity index (χ1v) is 9.68. The summed E-state index contributed by atoms with van der Waals surface area (Å²) in [6, 6.07) is 6.65. The van der Waals surface area contributed by atoms with Gasteiger partial charge in [0.2, 0.25) is 5.91 Å². The number of benzene rings is 1. The van der Waals surface area contributed by atoms with Crippen molar-refractivity contribution >= 4 is 17.9 Å². The summed E-state index contributed by atoms with van der Waals surface area (Å²) < 4.78 is 5.14. The van der Waals surface area contributed by atoms with E-state index < -0.39 is 12.0 Å². The van der Waals surface area contributed by atoms with Gasteiger partial charge < -0.3 is 25.4 Å². The van der Waals surface area contributed by atoms with Crippen LogP contribution in [0, 0.1) is 5.92 Å². The van der Waals surface area contributed by atoms with Crippen molar-refractivity contribution in [3.8, 4) is 5.75 Å². The van der Waals surface area contributed by atoms with Gasteiger partial charge in [0.05, 0.1) is 13.0 Å². The molecule has 3 rings (SSSR count). The molecule has 152 valence electrons. The van der Waals surface area contributed by atoms with Crippen molar-refractivity contribution in [3.63, 3.8) is 0 Å². The highest BCUT2D eigenvalue weighted by molar-refractivity contribution is 5.88. The van der Waals surface area contributed by atoms with Crippen molar-refractivity contribution in [1.29, 1.82) is 0 Å². The summed E-state index contributed by atoms with van der Waals surface area (Å²) in [4.78, 5) is 37.5. The zero-order valence-electron chi connectivity index (χ0n) is 16.0. The number of carboxylic acid groups (broad SMARTS) is 1. The number of carbonyl (C=O) groups excluding carboxylic acids is 2. The van der Waals surface area contributed by atoms with Gasteiger partial charge in [-0.15, -0.1) is 0 Å². The van der Waals surface area contributed by atoms with Gasteiger partial charge in [-0.25, -0.2) is 4.79 Å². The Balaban J connectivity index is 1.44. The number of nitrogens with one attached hydrogen (secondary N) is 2. The lowest BCUT2D eigenvalue weighted by Crippen LogP contribution is -2.49. The minimum absolute atomic E-state index is 0.0393. The fourth-order valence-electron chi connectivity index (χ4n) is 3.85. The number of methoxy groups -OCH3 is 1. The fourth-order valence-corrected chi connectivity index (χ4v) is 3.85. The van der Waals surface area contributed by atoms with Crippen LogP contribution in [0.4, 0.5) is 4.79 Å². The van der Waals surface area contributed by atoms with Crippen molar-refractivity contribution in [2.75, 3.05) is 13.7 Å². The SMILES string of the molecule is COc1ccc(CN2CCC(NC(=O)NC3CCC(C(=O)O)CC3)C2=O)cc1. The highest BCUT2D eigenvalue weighted by Crippen LogP contribution is 2.24. The summed E-state index contributed by atoms with van der Waals surface area (Å²) in [7, 11) is 1.61. The van der Waals surface area contributed by atoms with Gasteiger partial charge >= 0.3 is 12.0 Å².